The Bertz CT molecular complexity index is 1230. The van der Waals surface area contributed by atoms with Crippen molar-refractivity contribution in [3.05, 3.63) is 48.6 Å². The van der Waals surface area contributed by atoms with Crippen LogP contribution in [0, 0.1) is 11.8 Å². The van der Waals surface area contributed by atoms with Gasteiger partial charge in [-0.05, 0) is 69.8 Å². The molecule has 0 heterocycles. The Balaban J connectivity index is 2.45. The highest BCUT2D eigenvalue weighted by atomic mass is 31.2. The van der Waals surface area contributed by atoms with E-state index in [0.29, 0.717) is 32.1 Å². The third-order valence-corrected chi connectivity index (χ3v) is 10.7. The lowest BCUT2D eigenvalue weighted by Gasteiger charge is -2.20. The molecule has 6 atom stereocenters. The first-order valence-corrected chi connectivity index (χ1v) is 23.1. The second kappa shape index (κ2) is 34.4. The Morgan fingerprint density at radius 2 is 1.33 bits per heavy atom. The lowest BCUT2D eigenvalue weighted by Crippen LogP contribution is -2.29. The summed E-state index contributed by atoms with van der Waals surface area (Å²) in [4.78, 5) is 47.5. The van der Waals surface area contributed by atoms with Crippen LogP contribution in [0.2, 0.25) is 0 Å². The summed E-state index contributed by atoms with van der Waals surface area (Å²) in [6.07, 6.45) is 32.8. The molecule has 0 spiro atoms. The number of hydrogen-bond acceptors (Lipinski definition) is 11. The molecule has 0 aromatic heterocycles. The fourth-order valence-electron chi connectivity index (χ4n) is 6.21. The zero-order valence-electron chi connectivity index (χ0n) is 34.9. The van der Waals surface area contributed by atoms with Gasteiger partial charge in [0.2, 0.25) is 0 Å². The van der Waals surface area contributed by atoms with Crippen LogP contribution in [0.5, 0.6) is 0 Å². The third kappa shape index (κ3) is 29.4. The van der Waals surface area contributed by atoms with Crippen molar-refractivity contribution in [3.8, 4) is 0 Å². The second-order valence-corrected chi connectivity index (χ2v) is 16.5. The lowest BCUT2D eigenvalue weighted by atomic mass is 9.90. The summed E-state index contributed by atoms with van der Waals surface area (Å²) in [5.74, 6) is -1.37. The van der Waals surface area contributed by atoms with Crippen LogP contribution in [0.4, 0.5) is 0 Å². The van der Waals surface area contributed by atoms with Gasteiger partial charge in [0.1, 0.15) is 12.7 Å². The molecule has 328 valence electrons. The average molecular weight is 827 g/mol. The number of carbonyl (C=O) groups is 3. The average Bonchev–Trinajstić information content (AvgIpc) is 3.55. The number of carbonyl (C=O) groups excluding carboxylic acids is 3. The van der Waals surface area contributed by atoms with Crippen molar-refractivity contribution < 1.29 is 57.7 Å². The number of ketones is 1. The SMILES string of the molecule is CCCCCC/C=C\CCCCCCCCCC(=O)OC[C@H](COP(=O)(O)OC[C@@H](O)CO)OC(=O)CCC/C=C\C[C@H]1C=CC(=O)[C@@H]1/C=C/[C@@H](O)CCCCC. The first kappa shape index (κ1) is 52.6. The molecule has 4 N–H and O–H groups in total. The number of unbranched alkanes of at least 4 members (excludes halogenated alkanes) is 14. The number of aliphatic hydroxyl groups excluding tert-OH is 3. The molecule has 0 radical (unpaired) electrons. The molecule has 57 heavy (non-hydrogen) atoms. The monoisotopic (exact) mass is 826 g/mol. The van der Waals surface area contributed by atoms with Gasteiger partial charge in [0, 0.05) is 18.8 Å². The zero-order valence-corrected chi connectivity index (χ0v) is 35.8. The molecule has 13 heteroatoms. The van der Waals surface area contributed by atoms with Crippen molar-refractivity contribution in [2.24, 2.45) is 11.8 Å². The number of allylic oxidation sites excluding steroid dienone is 7. The van der Waals surface area contributed by atoms with Gasteiger partial charge >= 0.3 is 19.8 Å². The van der Waals surface area contributed by atoms with Crippen LogP contribution in [-0.4, -0.2) is 82.7 Å². The molecule has 1 rings (SSSR count). The maximum atomic E-state index is 12.7. The van der Waals surface area contributed by atoms with E-state index < -0.39 is 57.9 Å². The number of ether oxygens (including phenoxy) is 2. The number of phosphoric ester groups is 1. The second-order valence-electron chi connectivity index (χ2n) is 15.0. The summed E-state index contributed by atoms with van der Waals surface area (Å²) in [6.45, 7) is 2.02. The van der Waals surface area contributed by atoms with E-state index in [-0.39, 0.29) is 37.1 Å². The maximum Gasteiger partial charge on any atom is 0.472 e. The van der Waals surface area contributed by atoms with Crippen LogP contribution in [0.1, 0.15) is 155 Å². The standard InChI is InChI=1S/C44H75O12P/c1-3-5-7-8-9-10-11-12-13-14-15-16-17-18-23-27-43(49)53-35-40(36-55-57(51,52)54-34-39(47)33-45)56-44(50)28-24-20-19-22-25-37-29-32-42(48)41(37)31-30-38(46)26-21-6-4-2/h10-11,19,22,29-32,37-41,45-47H,3-9,12-18,20-21,23-28,33-36H2,1-2H3,(H,51,52)/b11-10-,22-19-,31-30+/t37-,38-,39-,40+,41+/m0/s1. The summed E-state index contributed by atoms with van der Waals surface area (Å²) < 4.78 is 32.7. The van der Waals surface area contributed by atoms with Crippen molar-refractivity contribution in [2.45, 2.75) is 173 Å². The van der Waals surface area contributed by atoms with Crippen LogP contribution >= 0.6 is 7.82 Å². The molecule has 0 aromatic carbocycles. The smallest absolute Gasteiger partial charge is 0.462 e. The van der Waals surface area contributed by atoms with Crippen LogP contribution in [-0.2, 0) is 37.5 Å². The van der Waals surface area contributed by atoms with Crippen LogP contribution in [0.15, 0.2) is 48.6 Å². The van der Waals surface area contributed by atoms with Gasteiger partial charge in [-0.15, -0.1) is 0 Å². The van der Waals surface area contributed by atoms with Crippen LogP contribution < -0.4 is 0 Å². The van der Waals surface area contributed by atoms with E-state index in [9.17, 15) is 34.1 Å². The summed E-state index contributed by atoms with van der Waals surface area (Å²) in [6, 6.07) is 0. The van der Waals surface area contributed by atoms with E-state index in [1.54, 1.807) is 12.2 Å². The van der Waals surface area contributed by atoms with E-state index in [0.717, 1.165) is 44.9 Å². The van der Waals surface area contributed by atoms with Gasteiger partial charge < -0.3 is 29.7 Å². The number of rotatable bonds is 37. The fourth-order valence-corrected chi connectivity index (χ4v) is 7.00. The Kier molecular flexibility index (Phi) is 31.8. The Hall–Kier alpha value is -2.44. The first-order valence-electron chi connectivity index (χ1n) is 21.7. The van der Waals surface area contributed by atoms with Crippen molar-refractivity contribution in [3.63, 3.8) is 0 Å². The van der Waals surface area contributed by atoms with E-state index in [1.807, 2.05) is 24.3 Å². The summed E-state index contributed by atoms with van der Waals surface area (Å²) in [5.41, 5.74) is 0. The molecular formula is C44H75O12P. The van der Waals surface area contributed by atoms with E-state index in [4.69, 9.17) is 19.1 Å². The molecule has 0 saturated heterocycles. The predicted octanol–water partition coefficient (Wildman–Crippen LogP) is 8.95. The quantitative estimate of drug-likeness (QED) is 0.0202. The van der Waals surface area contributed by atoms with Gasteiger partial charge in [0.05, 0.1) is 25.9 Å². The van der Waals surface area contributed by atoms with E-state index >= 15 is 0 Å². The molecule has 1 unspecified atom stereocenters. The molecule has 0 amide bonds. The Morgan fingerprint density at radius 3 is 2.02 bits per heavy atom. The van der Waals surface area contributed by atoms with Gasteiger partial charge in [0.25, 0.3) is 0 Å². The summed E-state index contributed by atoms with van der Waals surface area (Å²) >= 11 is 0. The van der Waals surface area contributed by atoms with Crippen molar-refractivity contribution in [1.29, 1.82) is 0 Å². The van der Waals surface area contributed by atoms with Gasteiger partial charge in [-0.2, -0.15) is 0 Å². The molecular weight excluding hydrogens is 751 g/mol. The summed E-state index contributed by atoms with van der Waals surface area (Å²) in [5, 5.41) is 28.6. The molecule has 0 saturated carbocycles. The highest BCUT2D eigenvalue weighted by molar-refractivity contribution is 7.47. The molecule has 1 aliphatic carbocycles. The fraction of sp³-hybridized carbons (Fsp3) is 0.750. The van der Waals surface area contributed by atoms with Crippen LogP contribution in [0.25, 0.3) is 0 Å². The molecule has 0 aromatic rings. The highest BCUT2D eigenvalue weighted by Gasteiger charge is 2.28. The highest BCUT2D eigenvalue weighted by Crippen LogP contribution is 2.43. The molecule has 0 fully saturated rings. The van der Waals surface area contributed by atoms with Crippen molar-refractivity contribution in [2.75, 3.05) is 26.4 Å². The predicted molar refractivity (Wildman–Crippen MR) is 223 cm³/mol. The van der Waals surface area contributed by atoms with Crippen molar-refractivity contribution >= 4 is 25.5 Å². The largest absolute Gasteiger partial charge is 0.472 e. The van der Waals surface area contributed by atoms with Crippen molar-refractivity contribution in [1.82, 2.24) is 0 Å². The Labute approximate surface area is 342 Å². The number of phosphoric acid groups is 1. The lowest BCUT2D eigenvalue weighted by molar-refractivity contribution is -0.161. The molecule has 0 aliphatic heterocycles. The normalized spacial score (nSPS) is 18.5. The first-order chi connectivity index (χ1) is 27.5. The van der Waals surface area contributed by atoms with E-state index in [1.165, 1.54) is 51.4 Å². The van der Waals surface area contributed by atoms with E-state index in [2.05, 4.69) is 30.5 Å². The Morgan fingerprint density at radius 1 is 0.754 bits per heavy atom. The number of esters is 2. The van der Waals surface area contributed by atoms with Gasteiger partial charge in [-0.25, -0.2) is 4.57 Å². The van der Waals surface area contributed by atoms with Gasteiger partial charge in [-0.1, -0.05) is 127 Å². The minimum absolute atomic E-state index is 0.00286. The summed E-state index contributed by atoms with van der Waals surface area (Å²) in [7, 11) is -4.68. The third-order valence-electron chi connectivity index (χ3n) is 9.70. The molecule has 0 bridgehead atoms. The van der Waals surface area contributed by atoms with Gasteiger partial charge in [0.15, 0.2) is 11.9 Å². The minimum Gasteiger partial charge on any atom is -0.462 e. The maximum absolute atomic E-state index is 12.7. The van der Waals surface area contributed by atoms with Gasteiger partial charge in [-0.3, -0.25) is 23.4 Å². The molecule has 1 aliphatic rings. The molecule has 12 nitrogen and oxygen atoms in total. The van der Waals surface area contributed by atoms with Crippen LogP contribution in [0.3, 0.4) is 0 Å². The topological polar surface area (TPSA) is 186 Å². The minimum atomic E-state index is -4.68. The number of hydrogen-bond donors (Lipinski definition) is 4. The zero-order chi connectivity index (χ0) is 42.0. The number of aliphatic hydroxyl groups is 3.